The van der Waals surface area contributed by atoms with E-state index in [1.54, 1.807) is 12.3 Å². The lowest BCUT2D eigenvalue weighted by Crippen LogP contribution is -2.34. The van der Waals surface area contributed by atoms with Crippen molar-refractivity contribution in [3.63, 3.8) is 0 Å². The Kier molecular flexibility index (Phi) is 4.75. The first-order valence-electron chi connectivity index (χ1n) is 5.77. The van der Waals surface area contributed by atoms with Gasteiger partial charge in [-0.25, -0.2) is 9.78 Å². The molecule has 1 rings (SSSR count). The summed E-state index contributed by atoms with van der Waals surface area (Å²) in [7, 11) is 0. The van der Waals surface area contributed by atoms with Gasteiger partial charge >= 0.3 is 6.03 Å². The second kappa shape index (κ2) is 6.08. The fourth-order valence-corrected chi connectivity index (χ4v) is 1.30. The van der Waals surface area contributed by atoms with Gasteiger partial charge in [-0.3, -0.25) is 5.32 Å². The average molecular weight is 236 g/mol. The Bertz CT molecular complexity index is 359. The molecule has 0 atom stereocenters. The minimum atomic E-state index is -0.239. The minimum absolute atomic E-state index is 0.108. The van der Waals surface area contributed by atoms with E-state index in [0.717, 1.165) is 5.69 Å². The molecule has 0 aromatic carbocycles. The van der Waals surface area contributed by atoms with Gasteiger partial charge < -0.3 is 10.6 Å². The van der Waals surface area contributed by atoms with E-state index in [-0.39, 0.29) is 12.1 Å². The number of aromatic nitrogens is 1. The number of amides is 2. The summed E-state index contributed by atoms with van der Waals surface area (Å²) in [5.41, 5.74) is 0.940. The first kappa shape index (κ1) is 13.3. The zero-order chi connectivity index (χ0) is 12.8. The summed E-state index contributed by atoms with van der Waals surface area (Å²) in [5.74, 6) is 0.539. The number of urea groups is 1. The summed E-state index contributed by atoms with van der Waals surface area (Å²) >= 11 is 0. The number of anilines is 2. The summed E-state index contributed by atoms with van der Waals surface area (Å²) in [6, 6.07) is 3.89. The minimum Gasteiger partial charge on any atom is -0.382 e. The van der Waals surface area contributed by atoms with Gasteiger partial charge in [-0.2, -0.15) is 0 Å². The van der Waals surface area contributed by atoms with Crippen LogP contribution in [0.1, 0.15) is 27.7 Å². The van der Waals surface area contributed by atoms with Crippen LogP contribution in [0.5, 0.6) is 0 Å². The standard InChI is InChI=1S/C12H20N4O/c1-8(2)14-10-5-6-11(13-7-10)16-12(17)15-9(3)4/h5-9,14H,1-4H3,(H2,13,15,16,17). The zero-order valence-electron chi connectivity index (χ0n) is 10.7. The van der Waals surface area contributed by atoms with Crippen LogP contribution in [0.25, 0.3) is 0 Å². The number of nitrogens with one attached hydrogen (secondary N) is 3. The molecule has 17 heavy (non-hydrogen) atoms. The van der Waals surface area contributed by atoms with Gasteiger partial charge in [-0.05, 0) is 39.8 Å². The first-order valence-corrected chi connectivity index (χ1v) is 5.77. The molecule has 1 heterocycles. The van der Waals surface area contributed by atoms with Crippen LogP contribution in [0.3, 0.4) is 0 Å². The van der Waals surface area contributed by atoms with E-state index in [2.05, 4.69) is 34.8 Å². The smallest absolute Gasteiger partial charge is 0.320 e. The predicted molar refractivity (Wildman–Crippen MR) is 70.3 cm³/mol. The van der Waals surface area contributed by atoms with Crippen molar-refractivity contribution in [3.05, 3.63) is 18.3 Å². The third kappa shape index (κ3) is 5.19. The molecule has 0 fully saturated rings. The number of hydrogen-bond donors (Lipinski definition) is 3. The molecule has 0 saturated heterocycles. The van der Waals surface area contributed by atoms with Crippen LogP contribution in [-0.2, 0) is 0 Å². The Morgan fingerprint density at radius 3 is 2.35 bits per heavy atom. The normalized spacial score (nSPS) is 10.5. The summed E-state index contributed by atoms with van der Waals surface area (Å²) in [6.45, 7) is 7.93. The van der Waals surface area contributed by atoms with Crippen LogP contribution in [0.4, 0.5) is 16.3 Å². The van der Waals surface area contributed by atoms with E-state index in [0.29, 0.717) is 11.9 Å². The van der Waals surface area contributed by atoms with Crippen molar-refractivity contribution in [2.24, 2.45) is 0 Å². The Labute approximate surface area is 102 Å². The van der Waals surface area contributed by atoms with Gasteiger partial charge in [0.25, 0.3) is 0 Å². The van der Waals surface area contributed by atoms with Crippen molar-refractivity contribution in [2.75, 3.05) is 10.6 Å². The molecular weight excluding hydrogens is 216 g/mol. The highest BCUT2D eigenvalue weighted by Crippen LogP contribution is 2.10. The van der Waals surface area contributed by atoms with Crippen LogP contribution in [-0.4, -0.2) is 23.1 Å². The summed E-state index contributed by atoms with van der Waals surface area (Å²) in [5, 5.41) is 8.62. The van der Waals surface area contributed by atoms with Crippen molar-refractivity contribution in [3.8, 4) is 0 Å². The Balaban J connectivity index is 2.53. The van der Waals surface area contributed by atoms with E-state index in [1.165, 1.54) is 0 Å². The van der Waals surface area contributed by atoms with Gasteiger partial charge in [0.1, 0.15) is 5.82 Å². The van der Waals surface area contributed by atoms with Gasteiger partial charge in [0.2, 0.25) is 0 Å². The lowest BCUT2D eigenvalue weighted by Gasteiger charge is -2.11. The van der Waals surface area contributed by atoms with Crippen molar-refractivity contribution >= 4 is 17.5 Å². The molecule has 2 amide bonds. The van der Waals surface area contributed by atoms with Gasteiger partial charge in [0.15, 0.2) is 0 Å². The van der Waals surface area contributed by atoms with E-state index < -0.39 is 0 Å². The lowest BCUT2D eigenvalue weighted by molar-refractivity contribution is 0.250. The number of rotatable bonds is 4. The molecule has 5 nitrogen and oxygen atoms in total. The molecule has 0 unspecified atom stereocenters. The van der Waals surface area contributed by atoms with E-state index in [9.17, 15) is 4.79 Å². The predicted octanol–water partition coefficient (Wildman–Crippen LogP) is 2.43. The van der Waals surface area contributed by atoms with Crippen LogP contribution in [0.2, 0.25) is 0 Å². The third-order valence-corrected chi connectivity index (χ3v) is 1.88. The van der Waals surface area contributed by atoms with Crippen molar-refractivity contribution in [2.45, 2.75) is 39.8 Å². The quantitative estimate of drug-likeness (QED) is 0.752. The molecule has 5 heteroatoms. The lowest BCUT2D eigenvalue weighted by atomic mass is 10.3. The summed E-state index contributed by atoms with van der Waals surface area (Å²) in [4.78, 5) is 15.6. The summed E-state index contributed by atoms with van der Waals surface area (Å²) < 4.78 is 0. The molecule has 0 aliphatic carbocycles. The average Bonchev–Trinajstić information content (AvgIpc) is 2.18. The van der Waals surface area contributed by atoms with Crippen LogP contribution in [0, 0.1) is 0 Å². The molecule has 1 aromatic heterocycles. The third-order valence-electron chi connectivity index (χ3n) is 1.88. The topological polar surface area (TPSA) is 66.1 Å². The maximum absolute atomic E-state index is 11.4. The fourth-order valence-electron chi connectivity index (χ4n) is 1.30. The second-order valence-corrected chi connectivity index (χ2v) is 4.48. The summed E-state index contributed by atoms with van der Waals surface area (Å²) in [6.07, 6.45) is 1.70. The number of carbonyl (C=O) groups excluding carboxylic acids is 1. The molecule has 0 bridgehead atoms. The van der Waals surface area contributed by atoms with Gasteiger partial charge in [-0.1, -0.05) is 0 Å². The van der Waals surface area contributed by atoms with Crippen LogP contribution >= 0.6 is 0 Å². The number of carbonyl (C=O) groups is 1. The molecule has 0 aliphatic heterocycles. The zero-order valence-corrected chi connectivity index (χ0v) is 10.7. The maximum atomic E-state index is 11.4. The Morgan fingerprint density at radius 2 is 1.88 bits per heavy atom. The number of nitrogens with zero attached hydrogens (tertiary/aromatic N) is 1. The molecule has 0 radical (unpaired) electrons. The largest absolute Gasteiger partial charge is 0.382 e. The molecule has 94 valence electrons. The van der Waals surface area contributed by atoms with Crippen LogP contribution in [0.15, 0.2) is 18.3 Å². The molecule has 0 aliphatic rings. The fraction of sp³-hybridized carbons (Fsp3) is 0.500. The molecule has 0 saturated carbocycles. The maximum Gasteiger partial charge on any atom is 0.320 e. The van der Waals surface area contributed by atoms with Crippen molar-refractivity contribution < 1.29 is 4.79 Å². The molecular formula is C12H20N4O. The van der Waals surface area contributed by atoms with Gasteiger partial charge in [0, 0.05) is 12.1 Å². The molecule has 3 N–H and O–H groups in total. The Morgan fingerprint density at radius 1 is 1.18 bits per heavy atom. The molecule has 0 spiro atoms. The molecule has 1 aromatic rings. The highest BCUT2D eigenvalue weighted by Gasteiger charge is 2.04. The highest BCUT2D eigenvalue weighted by atomic mass is 16.2. The highest BCUT2D eigenvalue weighted by molar-refractivity contribution is 5.88. The monoisotopic (exact) mass is 236 g/mol. The van der Waals surface area contributed by atoms with Crippen LogP contribution < -0.4 is 16.0 Å². The second-order valence-electron chi connectivity index (χ2n) is 4.48. The number of pyridine rings is 1. The number of hydrogen-bond acceptors (Lipinski definition) is 3. The van der Waals surface area contributed by atoms with Gasteiger partial charge in [0.05, 0.1) is 11.9 Å². The van der Waals surface area contributed by atoms with E-state index >= 15 is 0 Å². The SMILES string of the molecule is CC(C)NC(=O)Nc1ccc(NC(C)C)cn1. The van der Waals surface area contributed by atoms with Crippen molar-refractivity contribution in [1.29, 1.82) is 0 Å². The van der Waals surface area contributed by atoms with E-state index in [4.69, 9.17) is 0 Å². The van der Waals surface area contributed by atoms with E-state index in [1.807, 2.05) is 19.9 Å². The first-order chi connectivity index (χ1) is 7.97. The van der Waals surface area contributed by atoms with Crippen molar-refractivity contribution in [1.82, 2.24) is 10.3 Å². The Hall–Kier alpha value is -1.78. The van der Waals surface area contributed by atoms with Gasteiger partial charge in [-0.15, -0.1) is 0 Å².